The molecule has 0 saturated carbocycles. The number of alkyl carbamates (subject to hydrolysis) is 1. The maximum absolute atomic E-state index is 12.0. The average molecular weight is 334 g/mol. The van der Waals surface area contributed by atoms with E-state index in [0.717, 1.165) is 4.47 Å². The molecule has 1 aromatic rings. The summed E-state index contributed by atoms with van der Waals surface area (Å²) in [5.41, 5.74) is -0.573. The molecule has 0 spiro atoms. The highest BCUT2D eigenvalue weighted by molar-refractivity contribution is 9.10. The van der Waals surface area contributed by atoms with Crippen LogP contribution in [0.3, 0.4) is 0 Å². The third kappa shape index (κ3) is 4.42. The molecule has 0 aliphatic carbocycles. The number of carbonyl (C=O) groups excluding carboxylic acids is 2. The molecule has 0 radical (unpaired) electrons. The van der Waals surface area contributed by atoms with Gasteiger partial charge in [-0.3, -0.25) is 4.79 Å². The molecule has 0 aliphatic rings. The van der Waals surface area contributed by atoms with E-state index in [2.05, 4.69) is 21.2 Å². The van der Waals surface area contributed by atoms with Crippen molar-refractivity contribution in [1.82, 2.24) is 5.32 Å². The summed E-state index contributed by atoms with van der Waals surface area (Å²) in [5, 5.41) is 4.34. The summed E-state index contributed by atoms with van der Waals surface area (Å²) < 4.78 is 5.84. The van der Waals surface area contributed by atoms with Gasteiger partial charge in [0.1, 0.15) is 5.60 Å². The second-order valence-corrected chi connectivity index (χ2v) is 6.60. The van der Waals surface area contributed by atoms with E-state index >= 15 is 0 Å². The van der Waals surface area contributed by atoms with Gasteiger partial charge in [0.25, 0.3) is 0 Å². The summed E-state index contributed by atoms with van der Waals surface area (Å²) in [6.07, 6.45) is -0.587. The van der Waals surface area contributed by atoms with E-state index in [-0.39, 0.29) is 5.78 Å². The Morgan fingerprint density at radius 2 is 2.06 bits per heavy atom. The summed E-state index contributed by atoms with van der Waals surface area (Å²) in [7, 11) is 0. The number of thiophene rings is 1. The van der Waals surface area contributed by atoms with Gasteiger partial charge in [-0.25, -0.2) is 4.79 Å². The molecule has 100 valence electrons. The number of hydrogen-bond donors (Lipinski definition) is 1. The number of ether oxygens (including phenoxy) is 1. The lowest BCUT2D eigenvalue weighted by molar-refractivity contribution is 0.0497. The standard InChI is InChI=1S/C12H16BrNO3S/c1-7(14-11(16)17-12(2,3)4)9(15)10-8(13)5-6-18-10/h5-7H,1-4H3,(H,14,16)/t7-/m0/s1. The lowest BCUT2D eigenvalue weighted by Crippen LogP contribution is -2.41. The van der Waals surface area contributed by atoms with Crippen molar-refractivity contribution >= 4 is 39.1 Å². The highest BCUT2D eigenvalue weighted by Gasteiger charge is 2.23. The van der Waals surface area contributed by atoms with Gasteiger partial charge in [0.2, 0.25) is 0 Å². The molecule has 18 heavy (non-hydrogen) atoms. The van der Waals surface area contributed by atoms with Crippen LogP contribution in [0.5, 0.6) is 0 Å². The van der Waals surface area contributed by atoms with Crippen molar-refractivity contribution < 1.29 is 14.3 Å². The zero-order valence-electron chi connectivity index (χ0n) is 10.7. The third-order valence-corrected chi connectivity index (χ3v) is 3.82. The summed E-state index contributed by atoms with van der Waals surface area (Å²) in [5.74, 6) is -0.136. The first-order valence-electron chi connectivity index (χ1n) is 5.47. The van der Waals surface area contributed by atoms with Gasteiger partial charge in [-0.2, -0.15) is 0 Å². The second-order valence-electron chi connectivity index (χ2n) is 4.83. The van der Waals surface area contributed by atoms with Crippen molar-refractivity contribution in [3.05, 3.63) is 20.8 Å². The van der Waals surface area contributed by atoms with Crippen LogP contribution < -0.4 is 5.32 Å². The second kappa shape index (κ2) is 5.84. The van der Waals surface area contributed by atoms with Gasteiger partial charge in [0.15, 0.2) is 5.78 Å². The van der Waals surface area contributed by atoms with Crippen LogP contribution in [-0.4, -0.2) is 23.5 Å². The summed E-state index contributed by atoms with van der Waals surface area (Å²) >= 11 is 4.63. The first-order chi connectivity index (χ1) is 8.20. The highest BCUT2D eigenvalue weighted by Crippen LogP contribution is 2.24. The number of amides is 1. The fourth-order valence-electron chi connectivity index (χ4n) is 1.22. The number of nitrogens with one attached hydrogen (secondary N) is 1. The van der Waals surface area contributed by atoms with E-state index in [4.69, 9.17) is 4.74 Å². The zero-order valence-corrected chi connectivity index (χ0v) is 13.1. The minimum atomic E-state index is -0.616. The first kappa shape index (κ1) is 15.2. The summed E-state index contributed by atoms with van der Waals surface area (Å²) in [4.78, 5) is 24.2. The molecule has 0 bridgehead atoms. The Hall–Kier alpha value is -0.880. The van der Waals surface area contributed by atoms with Crippen LogP contribution in [0, 0.1) is 0 Å². The normalized spacial score (nSPS) is 12.9. The van der Waals surface area contributed by atoms with Crippen molar-refractivity contribution in [2.24, 2.45) is 0 Å². The maximum Gasteiger partial charge on any atom is 0.408 e. The molecule has 1 N–H and O–H groups in total. The van der Waals surface area contributed by atoms with E-state index in [9.17, 15) is 9.59 Å². The van der Waals surface area contributed by atoms with Gasteiger partial charge >= 0.3 is 6.09 Å². The van der Waals surface area contributed by atoms with E-state index in [1.54, 1.807) is 33.8 Å². The van der Waals surface area contributed by atoms with Gasteiger partial charge in [-0.1, -0.05) is 0 Å². The average Bonchev–Trinajstić information content (AvgIpc) is 2.60. The molecule has 1 amide bonds. The minimum Gasteiger partial charge on any atom is -0.444 e. The minimum absolute atomic E-state index is 0.136. The van der Waals surface area contributed by atoms with Crippen LogP contribution in [0.2, 0.25) is 0 Å². The number of ketones is 1. The van der Waals surface area contributed by atoms with Gasteiger partial charge in [-0.05, 0) is 55.1 Å². The largest absolute Gasteiger partial charge is 0.444 e. The van der Waals surface area contributed by atoms with E-state index in [1.807, 2.05) is 5.38 Å². The predicted octanol–water partition coefficient (Wildman–Crippen LogP) is 3.61. The van der Waals surface area contributed by atoms with Crippen LogP contribution >= 0.6 is 27.3 Å². The highest BCUT2D eigenvalue weighted by atomic mass is 79.9. The van der Waals surface area contributed by atoms with E-state index in [1.165, 1.54) is 11.3 Å². The van der Waals surface area contributed by atoms with Crippen LogP contribution in [0.25, 0.3) is 0 Å². The fraction of sp³-hybridized carbons (Fsp3) is 0.500. The number of hydrogen-bond acceptors (Lipinski definition) is 4. The van der Waals surface area contributed by atoms with Gasteiger partial charge in [-0.15, -0.1) is 11.3 Å². The van der Waals surface area contributed by atoms with Crippen LogP contribution in [0.15, 0.2) is 15.9 Å². The molecule has 4 nitrogen and oxygen atoms in total. The maximum atomic E-state index is 12.0. The Kier molecular flexibility index (Phi) is 4.92. The zero-order chi connectivity index (χ0) is 13.9. The van der Waals surface area contributed by atoms with Crippen molar-refractivity contribution in [3.63, 3.8) is 0 Å². The molecule has 0 saturated heterocycles. The molecule has 1 atom stereocenters. The van der Waals surface area contributed by atoms with Crippen LogP contribution in [-0.2, 0) is 4.74 Å². The molecule has 1 aromatic heterocycles. The summed E-state index contributed by atoms with van der Waals surface area (Å²) in [6, 6.07) is 1.19. The fourth-order valence-corrected chi connectivity index (χ4v) is 2.81. The van der Waals surface area contributed by atoms with Crippen molar-refractivity contribution in [1.29, 1.82) is 0 Å². The smallest absolute Gasteiger partial charge is 0.408 e. The predicted molar refractivity (Wildman–Crippen MR) is 75.2 cm³/mol. The topological polar surface area (TPSA) is 55.4 Å². The molecular formula is C12H16BrNO3S. The van der Waals surface area contributed by atoms with Crippen LogP contribution in [0.1, 0.15) is 37.4 Å². The number of carbonyl (C=O) groups is 2. The number of Topliss-reactive ketones (excluding diaryl/α,β-unsaturated/α-hetero) is 1. The molecule has 0 aromatic carbocycles. The molecule has 6 heteroatoms. The molecule has 0 aliphatic heterocycles. The Labute approximate surface area is 119 Å². The summed E-state index contributed by atoms with van der Waals surface area (Å²) in [6.45, 7) is 6.96. The molecule has 1 heterocycles. The Bertz CT molecular complexity index is 450. The third-order valence-electron chi connectivity index (χ3n) is 1.97. The van der Waals surface area contributed by atoms with Crippen molar-refractivity contribution in [2.45, 2.75) is 39.3 Å². The van der Waals surface area contributed by atoms with Crippen molar-refractivity contribution in [3.8, 4) is 0 Å². The number of rotatable bonds is 3. The Balaban J connectivity index is 2.61. The van der Waals surface area contributed by atoms with Crippen molar-refractivity contribution in [2.75, 3.05) is 0 Å². The Morgan fingerprint density at radius 1 is 1.44 bits per heavy atom. The first-order valence-corrected chi connectivity index (χ1v) is 7.14. The molecular weight excluding hydrogens is 318 g/mol. The number of halogens is 1. The van der Waals surface area contributed by atoms with E-state index < -0.39 is 17.7 Å². The van der Waals surface area contributed by atoms with Gasteiger partial charge in [0, 0.05) is 4.47 Å². The quantitative estimate of drug-likeness (QED) is 0.859. The Morgan fingerprint density at radius 3 is 2.50 bits per heavy atom. The molecule has 0 fully saturated rings. The van der Waals surface area contributed by atoms with Gasteiger partial charge < -0.3 is 10.1 Å². The molecule has 1 rings (SSSR count). The lowest BCUT2D eigenvalue weighted by Gasteiger charge is -2.21. The monoisotopic (exact) mass is 333 g/mol. The SMILES string of the molecule is C[C@H](NC(=O)OC(C)(C)C)C(=O)c1sccc1Br. The lowest BCUT2D eigenvalue weighted by atomic mass is 10.2. The van der Waals surface area contributed by atoms with Gasteiger partial charge in [0.05, 0.1) is 10.9 Å². The van der Waals surface area contributed by atoms with E-state index in [0.29, 0.717) is 4.88 Å². The van der Waals surface area contributed by atoms with Crippen LogP contribution in [0.4, 0.5) is 4.79 Å². The molecule has 0 unspecified atom stereocenters.